The molecule has 9 heteroatoms. The second kappa shape index (κ2) is 8.81. The van der Waals surface area contributed by atoms with E-state index < -0.39 is 5.92 Å². The highest BCUT2D eigenvalue weighted by Gasteiger charge is 2.35. The molecule has 1 aromatic carbocycles. The van der Waals surface area contributed by atoms with Crippen LogP contribution in [0.25, 0.3) is 0 Å². The number of nitrogens with zero attached hydrogens (tertiary/aromatic N) is 3. The normalized spacial score (nSPS) is 16.8. The largest absolute Gasteiger partial charge is 0.384 e. The molecule has 3 rings (SSSR count). The van der Waals surface area contributed by atoms with Gasteiger partial charge in [0.2, 0.25) is 16.9 Å². The number of carbonyl (C=O) groups excluding carboxylic acids is 2. The number of methoxy groups -OCH3 is 1. The Morgan fingerprint density at radius 3 is 2.93 bits per heavy atom. The van der Waals surface area contributed by atoms with E-state index in [4.69, 9.17) is 4.74 Å². The molecule has 1 aliphatic heterocycles. The van der Waals surface area contributed by atoms with Crippen LogP contribution in [0, 0.1) is 19.8 Å². The third kappa shape index (κ3) is 4.85. The summed E-state index contributed by atoms with van der Waals surface area (Å²) in [5, 5.41) is 11.3. The molecule has 1 aromatic heterocycles. The highest BCUT2D eigenvalue weighted by molar-refractivity contribution is 8.01. The van der Waals surface area contributed by atoms with Crippen molar-refractivity contribution in [3.8, 4) is 0 Å². The predicted octanol–water partition coefficient (Wildman–Crippen LogP) is 2.89. The SMILES string of the molecule is COCCSc1nnc(NC(=O)[C@H]2CC(=O)N(c3ccc(C)c(C)c3)C2)s1. The number of thioether (sulfide) groups is 1. The molecule has 0 bridgehead atoms. The number of ether oxygens (including phenoxy) is 1. The number of benzene rings is 1. The van der Waals surface area contributed by atoms with E-state index in [2.05, 4.69) is 15.5 Å². The van der Waals surface area contributed by atoms with Gasteiger partial charge in [0.15, 0.2) is 4.34 Å². The summed E-state index contributed by atoms with van der Waals surface area (Å²) in [6, 6.07) is 5.91. The van der Waals surface area contributed by atoms with Crippen molar-refractivity contribution in [3.05, 3.63) is 29.3 Å². The molecule has 2 heterocycles. The lowest BCUT2D eigenvalue weighted by Gasteiger charge is -2.17. The molecule has 2 aromatic rings. The molecule has 2 amide bonds. The average Bonchev–Trinajstić information content (AvgIpc) is 3.24. The van der Waals surface area contributed by atoms with E-state index >= 15 is 0 Å². The van der Waals surface area contributed by atoms with Crippen molar-refractivity contribution in [1.29, 1.82) is 0 Å². The molecule has 0 radical (unpaired) electrons. The van der Waals surface area contributed by atoms with Gasteiger partial charge < -0.3 is 15.0 Å². The van der Waals surface area contributed by atoms with E-state index in [0.717, 1.165) is 21.3 Å². The first-order valence-electron chi connectivity index (χ1n) is 8.61. The van der Waals surface area contributed by atoms with Gasteiger partial charge in [-0.15, -0.1) is 10.2 Å². The molecule has 1 saturated heterocycles. The van der Waals surface area contributed by atoms with Gasteiger partial charge in [-0.3, -0.25) is 9.59 Å². The molecule has 1 aliphatic rings. The number of aromatic nitrogens is 2. The summed E-state index contributed by atoms with van der Waals surface area (Å²) in [5.41, 5.74) is 3.14. The van der Waals surface area contributed by atoms with Crippen molar-refractivity contribution in [2.24, 2.45) is 5.92 Å². The first-order chi connectivity index (χ1) is 13.0. The Morgan fingerprint density at radius 1 is 1.37 bits per heavy atom. The number of carbonyl (C=O) groups is 2. The lowest BCUT2D eigenvalue weighted by Crippen LogP contribution is -2.28. The van der Waals surface area contributed by atoms with Crippen molar-refractivity contribution >= 4 is 45.7 Å². The monoisotopic (exact) mass is 406 g/mol. The van der Waals surface area contributed by atoms with Crippen LogP contribution in [0.15, 0.2) is 22.5 Å². The predicted molar refractivity (Wildman–Crippen MR) is 108 cm³/mol. The lowest BCUT2D eigenvalue weighted by molar-refractivity contribution is -0.122. The van der Waals surface area contributed by atoms with E-state index in [1.165, 1.54) is 28.7 Å². The quantitative estimate of drug-likeness (QED) is 0.432. The Labute approximate surface area is 166 Å². The average molecular weight is 407 g/mol. The van der Waals surface area contributed by atoms with Crippen LogP contribution in [0.4, 0.5) is 10.8 Å². The molecule has 1 atom stereocenters. The number of hydrogen-bond acceptors (Lipinski definition) is 7. The van der Waals surface area contributed by atoms with Crippen molar-refractivity contribution in [3.63, 3.8) is 0 Å². The fraction of sp³-hybridized carbons (Fsp3) is 0.444. The van der Waals surface area contributed by atoms with Crippen molar-refractivity contribution in [1.82, 2.24) is 10.2 Å². The number of anilines is 2. The summed E-state index contributed by atoms with van der Waals surface area (Å²) in [5.74, 6) is 0.152. The minimum atomic E-state index is -0.396. The van der Waals surface area contributed by atoms with Gasteiger partial charge in [-0.1, -0.05) is 29.2 Å². The second-order valence-corrected chi connectivity index (χ2v) is 8.70. The maximum absolute atomic E-state index is 12.5. The Morgan fingerprint density at radius 2 is 2.19 bits per heavy atom. The Bertz CT molecular complexity index is 840. The summed E-state index contributed by atoms with van der Waals surface area (Å²) in [6.45, 7) is 5.05. The smallest absolute Gasteiger partial charge is 0.231 e. The molecule has 0 spiro atoms. The van der Waals surface area contributed by atoms with Crippen LogP contribution >= 0.6 is 23.1 Å². The van der Waals surface area contributed by atoms with E-state index in [0.29, 0.717) is 18.3 Å². The Kier molecular flexibility index (Phi) is 6.46. The van der Waals surface area contributed by atoms with Crippen molar-refractivity contribution < 1.29 is 14.3 Å². The molecule has 1 fully saturated rings. The first-order valence-corrected chi connectivity index (χ1v) is 10.4. The van der Waals surface area contributed by atoms with Gasteiger partial charge >= 0.3 is 0 Å². The lowest BCUT2D eigenvalue weighted by atomic mass is 10.1. The number of rotatable bonds is 7. The van der Waals surface area contributed by atoms with Crippen LogP contribution in [-0.2, 0) is 14.3 Å². The molecule has 0 aliphatic carbocycles. The second-order valence-electron chi connectivity index (χ2n) is 6.38. The molecule has 7 nitrogen and oxygen atoms in total. The molecule has 1 N–H and O–H groups in total. The minimum Gasteiger partial charge on any atom is -0.384 e. The highest BCUT2D eigenvalue weighted by Crippen LogP contribution is 2.29. The van der Waals surface area contributed by atoms with Gasteiger partial charge in [-0.2, -0.15) is 0 Å². The summed E-state index contributed by atoms with van der Waals surface area (Å²) in [7, 11) is 1.65. The summed E-state index contributed by atoms with van der Waals surface area (Å²) < 4.78 is 5.78. The topological polar surface area (TPSA) is 84.4 Å². The van der Waals surface area contributed by atoms with Crippen LogP contribution in [0.3, 0.4) is 0 Å². The zero-order valence-corrected chi connectivity index (χ0v) is 17.2. The van der Waals surface area contributed by atoms with Gasteiger partial charge in [-0.25, -0.2) is 0 Å². The minimum absolute atomic E-state index is 0.0357. The number of aryl methyl sites for hydroxylation is 2. The highest BCUT2D eigenvalue weighted by atomic mass is 32.2. The standard InChI is InChI=1S/C18H22N4O3S2/c1-11-4-5-14(8-12(11)2)22-10-13(9-15(22)23)16(24)19-17-20-21-18(27-17)26-7-6-25-3/h4-5,8,13H,6-7,9-10H2,1-3H3,(H,19,20,24)/t13-/m0/s1. The number of hydrogen-bond donors (Lipinski definition) is 1. The van der Waals surface area contributed by atoms with Crippen LogP contribution in [-0.4, -0.2) is 48.0 Å². The van der Waals surface area contributed by atoms with Gasteiger partial charge in [0.1, 0.15) is 0 Å². The maximum Gasteiger partial charge on any atom is 0.231 e. The Balaban J connectivity index is 1.59. The van der Waals surface area contributed by atoms with E-state index in [1.54, 1.807) is 12.0 Å². The fourth-order valence-corrected chi connectivity index (χ4v) is 4.49. The van der Waals surface area contributed by atoms with Crippen molar-refractivity contribution in [2.75, 3.05) is 36.2 Å². The van der Waals surface area contributed by atoms with E-state index in [9.17, 15) is 9.59 Å². The third-order valence-corrected chi connectivity index (χ3v) is 6.38. The van der Waals surface area contributed by atoms with Crippen LogP contribution in [0.1, 0.15) is 17.5 Å². The zero-order chi connectivity index (χ0) is 19.4. The molecule has 144 valence electrons. The molecule has 0 saturated carbocycles. The zero-order valence-electron chi connectivity index (χ0n) is 15.5. The number of amides is 2. The van der Waals surface area contributed by atoms with Crippen molar-refractivity contribution in [2.45, 2.75) is 24.6 Å². The summed E-state index contributed by atoms with van der Waals surface area (Å²) >= 11 is 2.86. The number of nitrogens with one attached hydrogen (secondary N) is 1. The van der Waals surface area contributed by atoms with E-state index in [-0.39, 0.29) is 18.2 Å². The maximum atomic E-state index is 12.5. The molecular formula is C18H22N4O3S2. The van der Waals surface area contributed by atoms with Gasteiger partial charge in [0, 0.05) is 31.5 Å². The van der Waals surface area contributed by atoms with Crippen LogP contribution in [0.2, 0.25) is 0 Å². The van der Waals surface area contributed by atoms with Gasteiger partial charge in [-0.05, 0) is 37.1 Å². The van der Waals surface area contributed by atoms with Gasteiger partial charge in [0.05, 0.1) is 12.5 Å². The van der Waals surface area contributed by atoms with Crippen LogP contribution < -0.4 is 10.2 Å². The summed E-state index contributed by atoms with van der Waals surface area (Å²) in [6.07, 6.45) is 0.201. The van der Waals surface area contributed by atoms with E-state index in [1.807, 2.05) is 32.0 Å². The first kappa shape index (κ1) is 19.8. The third-order valence-electron chi connectivity index (χ3n) is 4.45. The molecule has 27 heavy (non-hydrogen) atoms. The fourth-order valence-electron chi connectivity index (χ4n) is 2.76. The van der Waals surface area contributed by atoms with Gasteiger partial charge in [0.25, 0.3) is 0 Å². The Hall–Kier alpha value is -1.97. The molecule has 0 unspecified atom stereocenters. The summed E-state index contributed by atoms with van der Waals surface area (Å²) in [4.78, 5) is 26.6. The van der Waals surface area contributed by atoms with Crippen LogP contribution in [0.5, 0.6) is 0 Å². The molecular weight excluding hydrogens is 384 g/mol.